The summed E-state index contributed by atoms with van der Waals surface area (Å²) in [6.07, 6.45) is 14.8. The number of methoxy groups -OCH3 is 1. The number of nitrogens with zero attached hydrogens (tertiary/aromatic N) is 2. The minimum atomic E-state index is -0.163. The van der Waals surface area contributed by atoms with Gasteiger partial charge in [-0.2, -0.15) is 5.10 Å². The first-order chi connectivity index (χ1) is 15.6. The van der Waals surface area contributed by atoms with E-state index in [4.69, 9.17) is 9.84 Å². The molecule has 1 amide bonds. The summed E-state index contributed by atoms with van der Waals surface area (Å²) in [4.78, 5) is 25.9. The molecule has 1 N–H and O–H groups in total. The number of nitrogens with one attached hydrogen (secondary N) is 1. The Labute approximate surface area is 190 Å². The number of aromatic nitrogens is 2. The summed E-state index contributed by atoms with van der Waals surface area (Å²) in [5, 5.41) is 8.44. The van der Waals surface area contributed by atoms with Gasteiger partial charge in [-0.1, -0.05) is 19.3 Å². The van der Waals surface area contributed by atoms with Gasteiger partial charge in [0.25, 0.3) is 5.91 Å². The lowest BCUT2D eigenvalue weighted by Crippen LogP contribution is -2.56. The van der Waals surface area contributed by atoms with Crippen LogP contribution in [0.5, 0.6) is 0 Å². The predicted molar refractivity (Wildman–Crippen MR) is 120 cm³/mol. The third kappa shape index (κ3) is 3.49. The van der Waals surface area contributed by atoms with Crippen molar-refractivity contribution < 1.29 is 14.3 Å². The van der Waals surface area contributed by atoms with Crippen molar-refractivity contribution >= 4 is 11.9 Å². The molecule has 0 aromatic carbocycles. The Morgan fingerprint density at radius 3 is 2.31 bits per heavy atom. The van der Waals surface area contributed by atoms with Crippen LogP contribution in [-0.4, -0.2) is 34.8 Å². The maximum Gasteiger partial charge on any atom is 0.309 e. The van der Waals surface area contributed by atoms with Gasteiger partial charge in [0.05, 0.1) is 19.1 Å². The standard InChI is InChI=1S/C26H37N3O3/c1-32-26(31)17-7-8-22-21(14-17)24(28-29(22)20-5-3-2-4-6-20)25(30)27-23-18-10-15-9-16(12-18)13-19(23)11-15/h15-20,23H,2-14H2,1H3,(H,27,30)/t15?,16?,17-,18?,19?,23?/m0/s1. The van der Waals surface area contributed by atoms with Gasteiger partial charge in [0.2, 0.25) is 0 Å². The molecule has 6 aliphatic rings. The van der Waals surface area contributed by atoms with Gasteiger partial charge in [-0.3, -0.25) is 14.3 Å². The maximum absolute atomic E-state index is 13.6. The van der Waals surface area contributed by atoms with E-state index < -0.39 is 0 Å². The second-order valence-electron chi connectivity index (χ2n) is 11.4. The molecule has 7 rings (SSSR count). The number of fused-ring (bicyclic) bond motifs is 1. The summed E-state index contributed by atoms with van der Waals surface area (Å²) in [5.41, 5.74) is 2.80. The highest BCUT2D eigenvalue weighted by Crippen LogP contribution is 2.53. The average Bonchev–Trinajstić information content (AvgIpc) is 3.20. The van der Waals surface area contributed by atoms with E-state index in [0.29, 0.717) is 36.0 Å². The number of ether oxygens (including phenoxy) is 1. The molecule has 5 saturated carbocycles. The summed E-state index contributed by atoms with van der Waals surface area (Å²) in [6, 6.07) is 0.709. The average molecular weight is 440 g/mol. The molecule has 0 aliphatic heterocycles. The molecule has 1 atom stereocenters. The smallest absolute Gasteiger partial charge is 0.309 e. The van der Waals surface area contributed by atoms with E-state index in [1.165, 1.54) is 64.2 Å². The topological polar surface area (TPSA) is 73.2 Å². The molecule has 0 radical (unpaired) electrons. The molecule has 6 heteroatoms. The highest BCUT2D eigenvalue weighted by Gasteiger charge is 2.49. The predicted octanol–water partition coefficient (Wildman–Crippen LogP) is 4.22. The van der Waals surface area contributed by atoms with Crippen LogP contribution < -0.4 is 5.32 Å². The van der Waals surface area contributed by atoms with E-state index in [-0.39, 0.29) is 17.8 Å². The quantitative estimate of drug-likeness (QED) is 0.713. The van der Waals surface area contributed by atoms with Crippen LogP contribution in [0.15, 0.2) is 0 Å². The first-order valence-corrected chi connectivity index (χ1v) is 13.1. The first-order valence-electron chi connectivity index (χ1n) is 13.1. The van der Waals surface area contributed by atoms with Crippen molar-refractivity contribution in [2.45, 2.75) is 95.6 Å². The number of amides is 1. The third-order valence-electron chi connectivity index (χ3n) is 9.49. The Hall–Kier alpha value is -1.85. The number of carbonyl (C=O) groups is 2. The molecule has 174 valence electrons. The van der Waals surface area contributed by atoms with Gasteiger partial charge >= 0.3 is 5.97 Å². The van der Waals surface area contributed by atoms with Crippen LogP contribution in [0.25, 0.3) is 0 Å². The maximum atomic E-state index is 13.6. The number of esters is 1. The van der Waals surface area contributed by atoms with E-state index in [1.54, 1.807) is 0 Å². The van der Waals surface area contributed by atoms with Crippen LogP contribution in [-0.2, 0) is 22.4 Å². The summed E-state index contributed by atoms with van der Waals surface area (Å²) in [6.45, 7) is 0. The largest absolute Gasteiger partial charge is 0.469 e. The number of rotatable bonds is 4. The highest BCUT2D eigenvalue weighted by atomic mass is 16.5. The van der Waals surface area contributed by atoms with Gasteiger partial charge in [0, 0.05) is 17.3 Å². The zero-order valence-corrected chi connectivity index (χ0v) is 19.4. The third-order valence-corrected chi connectivity index (χ3v) is 9.49. The van der Waals surface area contributed by atoms with Crippen molar-refractivity contribution in [2.75, 3.05) is 7.11 Å². The fraction of sp³-hybridized carbons (Fsp3) is 0.808. The summed E-state index contributed by atoms with van der Waals surface area (Å²) in [5.74, 6) is 2.76. The lowest BCUT2D eigenvalue weighted by atomic mass is 9.54. The van der Waals surface area contributed by atoms with Crippen molar-refractivity contribution in [2.24, 2.45) is 29.6 Å². The summed E-state index contributed by atoms with van der Waals surface area (Å²) in [7, 11) is 1.46. The molecule has 0 spiro atoms. The summed E-state index contributed by atoms with van der Waals surface area (Å²) >= 11 is 0. The van der Waals surface area contributed by atoms with Gasteiger partial charge in [-0.15, -0.1) is 0 Å². The number of carbonyl (C=O) groups excluding carboxylic acids is 2. The molecule has 5 fully saturated rings. The minimum Gasteiger partial charge on any atom is -0.469 e. The fourth-order valence-electron chi connectivity index (χ4n) is 8.20. The molecule has 1 aromatic heterocycles. The normalized spacial score (nSPS) is 36.0. The molecule has 6 nitrogen and oxygen atoms in total. The van der Waals surface area contributed by atoms with E-state index in [1.807, 2.05) is 0 Å². The molecule has 6 aliphatic carbocycles. The van der Waals surface area contributed by atoms with Crippen molar-refractivity contribution in [1.82, 2.24) is 15.1 Å². The van der Waals surface area contributed by atoms with Crippen LogP contribution in [0.4, 0.5) is 0 Å². The zero-order chi connectivity index (χ0) is 21.8. The molecule has 0 saturated heterocycles. The monoisotopic (exact) mass is 439 g/mol. The van der Waals surface area contributed by atoms with Crippen LogP contribution >= 0.6 is 0 Å². The molecule has 1 aromatic rings. The Bertz CT molecular complexity index is 872. The first kappa shape index (κ1) is 20.7. The second kappa shape index (κ2) is 8.18. The molecule has 32 heavy (non-hydrogen) atoms. The Morgan fingerprint density at radius 2 is 1.66 bits per heavy atom. The van der Waals surface area contributed by atoms with Gasteiger partial charge in [0.1, 0.15) is 0 Å². The summed E-state index contributed by atoms with van der Waals surface area (Å²) < 4.78 is 7.24. The van der Waals surface area contributed by atoms with Crippen LogP contribution in [0.3, 0.4) is 0 Å². The molecule has 0 unspecified atom stereocenters. The lowest BCUT2D eigenvalue weighted by molar-refractivity contribution is -0.145. The Balaban J connectivity index is 1.28. The lowest BCUT2D eigenvalue weighted by Gasteiger charge is -2.54. The van der Waals surface area contributed by atoms with Crippen LogP contribution in [0.1, 0.15) is 98.4 Å². The van der Waals surface area contributed by atoms with E-state index in [2.05, 4.69) is 10.00 Å². The fourth-order valence-corrected chi connectivity index (χ4v) is 8.20. The van der Waals surface area contributed by atoms with E-state index in [0.717, 1.165) is 43.1 Å². The SMILES string of the molecule is COC(=O)[C@H]1CCc2c(c(C(=O)NC3C4CC5CC(C4)CC3C5)nn2C2CCCCC2)C1. The Morgan fingerprint density at radius 1 is 0.969 bits per heavy atom. The van der Waals surface area contributed by atoms with Crippen molar-refractivity contribution in [1.29, 1.82) is 0 Å². The molecule has 1 heterocycles. The van der Waals surface area contributed by atoms with Gasteiger partial charge in [-0.05, 0) is 87.9 Å². The van der Waals surface area contributed by atoms with Crippen LogP contribution in [0, 0.1) is 29.6 Å². The molecule has 4 bridgehead atoms. The van der Waals surface area contributed by atoms with Gasteiger partial charge in [-0.25, -0.2) is 0 Å². The number of hydrogen-bond donors (Lipinski definition) is 1. The van der Waals surface area contributed by atoms with Gasteiger partial charge < -0.3 is 10.1 Å². The Kier molecular flexibility index (Phi) is 5.30. The van der Waals surface area contributed by atoms with Crippen molar-refractivity contribution in [3.8, 4) is 0 Å². The second-order valence-corrected chi connectivity index (χ2v) is 11.4. The highest BCUT2D eigenvalue weighted by molar-refractivity contribution is 5.94. The van der Waals surface area contributed by atoms with E-state index in [9.17, 15) is 9.59 Å². The van der Waals surface area contributed by atoms with Crippen LogP contribution in [0.2, 0.25) is 0 Å². The van der Waals surface area contributed by atoms with Crippen molar-refractivity contribution in [3.05, 3.63) is 17.0 Å². The molecular weight excluding hydrogens is 402 g/mol. The number of hydrogen-bond acceptors (Lipinski definition) is 4. The zero-order valence-electron chi connectivity index (χ0n) is 19.4. The molecular formula is C26H37N3O3. The van der Waals surface area contributed by atoms with Gasteiger partial charge in [0.15, 0.2) is 5.69 Å². The van der Waals surface area contributed by atoms with E-state index >= 15 is 0 Å². The van der Waals surface area contributed by atoms with Crippen molar-refractivity contribution in [3.63, 3.8) is 0 Å². The minimum absolute atomic E-state index is 0.00111.